The van der Waals surface area contributed by atoms with Gasteiger partial charge in [-0.1, -0.05) is 0 Å². The van der Waals surface area contributed by atoms with Crippen LogP contribution in [0.4, 0.5) is 13.2 Å². The number of nitrogens with one attached hydrogen (secondary N) is 1. The Bertz CT molecular complexity index is 616. The van der Waals surface area contributed by atoms with Gasteiger partial charge in [0.2, 0.25) is 11.8 Å². The first-order valence-electron chi connectivity index (χ1n) is 7.12. The van der Waals surface area contributed by atoms with Crippen LogP contribution in [0.25, 0.3) is 0 Å². The van der Waals surface area contributed by atoms with Crippen molar-refractivity contribution in [1.82, 2.24) is 20.0 Å². The number of alkyl halides is 3. The summed E-state index contributed by atoms with van der Waals surface area (Å²) in [5.74, 6) is -0.581. The van der Waals surface area contributed by atoms with Gasteiger partial charge >= 0.3 is 6.18 Å². The van der Waals surface area contributed by atoms with Crippen LogP contribution in [0, 0.1) is 0 Å². The average Bonchev–Trinajstić information content (AvgIpc) is 2.95. The van der Waals surface area contributed by atoms with Gasteiger partial charge in [0, 0.05) is 19.3 Å². The summed E-state index contributed by atoms with van der Waals surface area (Å²) in [4.78, 5) is 25.0. The first-order valence-corrected chi connectivity index (χ1v) is 7.12. The highest BCUT2D eigenvalue weighted by Crippen LogP contribution is 2.27. The van der Waals surface area contributed by atoms with Crippen LogP contribution in [-0.2, 0) is 27.0 Å². The number of aromatic nitrogens is 2. The van der Waals surface area contributed by atoms with Crippen molar-refractivity contribution in [2.24, 2.45) is 0 Å². The quantitative estimate of drug-likeness (QED) is 0.828. The monoisotopic (exact) mass is 332 g/mol. The van der Waals surface area contributed by atoms with Crippen LogP contribution in [0.3, 0.4) is 0 Å². The Hall–Kier alpha value is -2.10. The molecule has 2 amide bonds. The molecule has 23 heavy (non-hydrogen) atoms. The standard InChI is InChI=1S/C13H15F3N4O3/c14-13(15,16)10-2-4-20(18-10)6-12(22)19-3-1-9-8(5-19)17-11(21)7-23-9/h2,4,8-9H,1,3,5-7H2,(H,17,21)/t8-,9+/m0/s1. The molecule has 2 aliphatic heterocycles. The Morgan fingerprint density at radius 3 is 2.96 bits per heavy atom. The predicted octanol–water partition coefficient (Wildman–Crippen LogP) is 0.0178. The van der Waals surface area contributed by atoms with Crippen LogP contribution < -0.4 is 5.32 Å². The number of halogens is 3. The first kappa shape index (κ1) is 15.8. The van der Waals surface area contributed by atoms with Crippen LogP contribution in [0.2, 0.25) is 0 Å². The maximum Gasteiger partial charge on any atom is 0.435 e. The molecule has 2 saturated heterocycles. The second kappa shape index (κ2) is 5.84. The van der Waals surface area contributed by atoms with Gasteiger partial charge in [-0.3, -0.25) is 14.3 Å². The average molecular weight is 332 g/mol. The zero-order valence-electron chi connectivity index (χ0n) is 12.0. The number of amides is 2. The topological polar surface area (TPSA) is 76.5 Å². The smallest absolute Gasteiger partial charge is 0.366 e. The second-order valence-corrected chi connectivity index (χ2v) is 5.55. The van der Waals surface area contributed by atoms with Crippen LogP contribution >= 0.6 is 0 Å². The summed E-state index contributed by atoms with van der Waals surface area (Å²) in [5.41, 5.74) is -1.03. The molecule has 0 bridgehead atoms. The zero-order valence-corrected chi connectivity index (χ0v) is 12.0. The van der Waals surface area contributed by atoms with E-state index in [9.17, 15) is 22.8 Å². The second-order valence-electron chi connectivity index (χ2n) is 5.55. The van der Waals surface area contributed by atoms with Crippen molar-refractivity contribution in [3.63, 3.8) is 0 Å². The third kappa shape index (κ3) is 3.46. The summed E-state index contributed by atoms with van der Waals surface area (Å²) in [5, 5.41) is 6.12. The third-order valence-electron chi connectivity index (χ3n) is 3.91. The number of fused-ring (bicyclic) bond motifs is 1. The Balaban J connectivity index is 1.60. The van der Waals surface area contributed by atoms with Gasteiger partial charge in [0.1, 0.15) is 13.2 Å². The molecule has 1 aromatic heterocycles. The lowest BCUT2D eigenvalue weighted by Crippen LogP contribution is -2.61. The number of hydrogen-bond donors (Lipinski definition) is 1. The molecule has 2 aliphatic rings. The van der Waals surface area contributed by atoms with E-state index < -0.39 is 11.9 Å². The van der Waals surface area contributed by atoms with E-state index in [0.717, 1.165) is 16.9 Å². The van der Waals surface area contributed by atoms with E-state index in [1.54, 1.807) is 0 Å². The molecule has 1 N–H and O–H groups in total. The molecule has 3 heterocycles. The van der Waals surface area contributed by atoms with Gasteiger partial charge in [0.05, 0.1) is 12.1 Å². The predicted molar refractivity (Wildman–Crippen MR) is 70.1 cm³/mol. The Morgan fingerprint density at radius 1 is 1.48 bits per heavy atom. The summed E-state index contributed by atoms with van der Waals surface area (Å²) in [6.45, 7) is 0.455. The van der Waals surface area contributed by atoms with E-state index in [1.165, 1.54) is 4.90 Å². The third-order valence-corrected chi connectivity index (χ3v) is 3.91. The minimum Gasteiger partial charge on any atom is -0.366 e. The maximum absolute atomic E-state index is 12.5. The highest BCUT2D eigenvalue weighted by Gasteiger charge is 2.37. The Labute approximate surface area is 129 Å². The van der Waals surface area contributed by atoms with Gasteiger partial charge < -0.3 is 15.0 Å². The van der Waals surface area contributed by atoms with Gasteiger partial charge in [-0.05, 0) is 12.5 Å². The van der Waals surface area contributed by atoms with Crippen LogP contribution in [0.5, 0.6) is 0 Å². The number of hydrogen-bond acceptors (Lipinski definition) is 4. The van der Waals surface area contributed by atoms with Gasteiger partial charge in [-0.15, -0.1) is 0 Å². The number of piperidine rings is 1. The Morgan fingerprint density at radius 2 is 2.26 bits per heavy atom. The van der Waals surface area contributed by atoms with E-state index in [2.05, 4.69) is 10.4 Å². The van der Waals surface area contributed by atoms with Crippen molar-refractivity contribution in [3.8, 4) is 0 Å². The lowest BCUT2D eigenvalue weighted by atomic mass is 10.0. The summed E-state index contributed by atoms with van der Waals surface area (Å²) in [7, 11) is 0. The lowest BCUT2D eigenvalue weighted by Gasteiger charge is -2.41. The first-order chi connectivity index (χ1) is 10.8. The van der Waals surface area contributed by atoms with Gasteiger partial charge in [-0.2, -0.15) is 18.3 Å². The molecule has 0 spiro atoms. The highest BCUT2D eigenvalue weighted by molar-refractivity contribution is 5.79. The molecular weight excluding hydrogens is 317 g/mol. The number of carbonyl (C=O) groups is 2. The number of ether oxygens (including phenoxy) is 1. The molecule has 0 aromatic carbocycles. The van der Waals surface area contributed by atoms with Crippen LogP contribution in [-0.4, -0.2) is 58.3 Å². The summed E-state index contributed by atoms with van der Waals surface area (Å²) in [6.07, 6.45) is -2.96. The maximum atomic E-state index is 12.5. The van der Waals surface area contributed by atoms with E-state index >= 15 is 0 Å². The molecule has 2 atom stereocenters. The zero-order chi connectivity index (χ0) is 16.6. The van der Waals surface area contributed by atoms with E-state index in [4.69, 9.17) is 4.74 Å². The molecule has 3 rings (SSSR count). The SMILES string of the molecule is O=C1CO[C@@H]2CCN(C(=O)Cn3ccc(C(F)(F)F)n3)C[C@@H]2N1. The normalized spacial score (nSPS) is 25.0. The fourth-order valence-electron chi connectivity index (χ4n) is 2.77. The van der Waals surface area contributed by atoms with Crippen molar-refractivity contribution in [2.45, 2.75) is 31.3 Å². The van der Waals surface area contributed by atoms with Gasteiger partial charge in [0.25, 0.3) is 0 Å². The van der Waals surface area contributed by atoms with E-state index in [-0.39, 0.29) is 43.7 Å². The minimum absolute atomic E-state index is 0.0165. The van der Waals surface area contributed by atoms with Gasteiger partial charge in [0.15, 0.2) is 5.69 Å². The molecule has 0 radical (unpaired) electrons. The molecular formula is C13H15F3N4O3. The van der Waals surface area contributed by atoms with Crippen LogP contribution in [0.15, 0.2) is 12.3 Å². The largest absolute Gasteiger partial charge is 0.435 e. The number of likely N-dealkylation sites (tertiary alicyclic amines) is 1. The molecule has 126 valence electrons. The molecule has 2 fully saturated rings. The molecule has 0 unspecified atom stereocenters. The molecule has 1 aromatic rings. The van der Waals surface area contributed by atoms with E-state index in [0.29, 0.717) is 13.0 Å². The molecule has 0 saturated carbocycles. The number of morpholine rings is 1. The molecule has 7 nitrogen and oxygen atoms in total. The molecule has 10 heteroatoms. The highest BCUT2D eigenvalue weighted by atomic mass is 19.4. The number of rotatable bonds is 2. The van der Waals surface area contributed by atoms with Crippen molar-refractivity contribution >= 4 is 11.8 Å². The van der Waals surface area contributed by atoms with Crippen molar-refractivity contribution < 1.29 is 27.5 Å². The minimum atomic E-state index is -4.53. The van der Waals surface area contributed by atoms with Gasteiger partial charge in [-0.25, -0.2) is 0 Å². The fraction of sp³-hybridized carbons (Fsp3) is 0.615. The number of nitrogens with zero attached hydrogens (tertiary/aromatic N) is 3. The van der Waals surface area contributed by atoms with Crippen molar-refractivity contribution in [1.29, 1.82) is 0 Å². The summed E-state index contributed by atoms with van der Waals surface area (Å²) in [6, 6.07) is 0.548. The lowest BCUT2D eigenvalue weighted by molar-refractivity contribution is -0.147. The fourth-order valence-corrected chi connectivity index (χ4v) is 2.77. The van der Waals surface area contributed by atoms with E-state index in [1.807, 2.05) is 0 Å². The van der Waals surface area contributed by atoms with Crippen molar-refractivity contribution in [3.05, 3.63) is 18.0 Å². The summed E-state index contributed by atoms with van der Waals surface area (Å²) >= 11 is 0. The Kier molecular flexibility index (Phi) is 4.00. The number of carbonyl (C=O) groups excluding carboxylic acids is 2. The van der Waals surface area contributed by atoms with Crippen LogP contribution in [0.1, 0.15) is 12.1 Å². The molecule has 0 aliphatic carbocycles. The van der Waals surface area contributed by atoms with Crippen molar-refractivity contribution in [2.75, 3.05) is 19.7 Å². The summed E-state index contributed by atoms with van der Waals surface area (Å²) < 4.78 is 43.8.